The first-order valence-electron chi connectivity index (χ1n) is 8.01. The number of nitrogens with zero attached hydrogens (tertiary/aromatic N) is 2. The number of esters is 1. The highest BCUT2D eigenvalue weighted by Gasteiger charge is 2.33. The molecule has 0 bridgehead atoms. The summed E-state index contributed by atoms with van der Waals surface area (Å²) in [6, 6.07) is 10.9. The Balaban J connectivity index is 2.17. The molecule has 1 aromatic carbocycles. The molecule has 0 aliphatic heterocycles. The van der Waals surface area contributed by atoms with Crippen molar-refractivity contribution in [2.24, 2.45) is 0 Å². The lowest BCUT2D eigenvalue weighted by Gasteiger charge is -2.22. The van der Waals surface area contributed by atoms with Crippen molar-refractivity contribution in [1.82, 2.24) is 9.97 Å². The fourth-order valence-electron chi connectivity index (χ4n) is 2.13. The number of hydrogen-bond donors (Lipinski definition) is 0. The van der Waals surface area contributed by atoms with E-state index in [1.807, 2.05) is 30.3 Å². The number of carbonyl (C=O) groups excluding carboxylic acids is 1. The fourth-order valence-corrected chi connectivity index (χ4v) is 3.14. The van der Waals surface area contributed by atoms with Crippen LogP contribution in [0.25, 0.3) is 0 Å². The first-order chi connectivity index (χ1) is 13.1. The molecule has 146 valence electrons. The number of methoxy groups -OCH3 is 4. The summed E-state index contributed by atoms with van der Waals surface area (Å²) < 4.78 is 26.2. The monoisotopic (exact) mass is 394 g/mol. The SMILES string of the molecule is COc1cc(OC)nc(SC(C(=O)OCc2ccccc2)C(OC)OC)n1. The highest BCUT2D eigenvalue weighted by molar-refractivity contribution is 8.00. The predicted molar refractivity (Wildman–Crippen MR) is 98.8 cm³/mol. The Hall–Kier alpha value is -2.36. The van der Waals surface area contributed by atoms with E-state index in [1.165, 1.54) is 34.5 Å². The largest absolute Gasteiger partial charge is 0.481 e. The van der Waals surface area contributed by atoms with E-state index in [0.29, 0.717) is 11.8 Å². The summed E-state index contributed by atoms with van der Waals surface area (Å²) in [5.41, 5.74) is 0.875. The van der Waals surface area contributed by atoms with Crippen molar-refractivity contribution < 1.29 is 28.5 Å². The first kappa shape index (κ1) is 20.9. The zero-order chi connectivity index (χ0) is 19.6. The van der Waals surface area contributed by atoms with E-state index in [0.717, 1.165) is 17.3 Å². The van der Waals surface area contributed by atoms with Gasteiger partial charge in [-0.25, -0.2) is 0 Å². The summed E-state index contributed by atoms with van der Waals surface area (Å²) >= 11 is 1.04. The van der Waals surface area contributed by atoms with Crippen molar-refractivity contribution in [2.45, 2.75) is 23.3 Å². The number of hydrogen-bond acceptors (Lipinski definition) is 9. The number of carbonyl (C=O) groups is 1. The Morgan fingerprint density at radius 2 is 1.59 bits per heavy atom. The molecule has 0 saturated heterocycles. The van der Waals surface area contributed by atoms with Crippen LogP contribution in [0.5, 0.6) is 11.8 Å². The van der Waals surface area contributed by atoms with Gasteiger partial charge in [0.05, 0.1) is 20.3 Å². The number of rotatable bonds is 10. The van der Waals surface area contributed by atoms with Gasteiger partial charge >= 0.3 is 5.97 Å². The van der Waals surface area contributed by atoms with Gasteiger partial charge in [0.1, 0.15) is 6.61 Å². The maximum Gasteiger partial charge on any atom is 0.325 e. The zero-order valence-corrected chi connectivity index (χ0v) is 16.4. The molecule has 0 fully saturated rings. The van der Waals surface area contributed by atoms with Crippen molar-refractivity contribution in [3.63, 3.8) is 0 Å². The minimum absolute atomic E-state index is 0.138. The topological polar surface area (TPSA) is 89.0 Å². The van der Waals surface area contributed by atoms with Crippen LogP contribution in [0.4, 0.5) is 0 Å². The van der Waals surface area contributed by atoms with E-state index in [1.54, 1.807) is 0 Å². The summed E-state index contributed by atoms with van der Waals surface area (Å²) in [5, 5.41) is -0.576. The van der Waals surface area contributed by atoms with Crippen molar-refractivity contribution in [3.05, 3.63) is 42.0 Å². The van der Waals surface area contributed by atoms with Gasteiger partial charge < -0.3 is 23.7 Å². The van der Waals surface area contributed by atoms with E-state index in [-0.39, 0.29) is 11.8 Å². The molecule has 0 aliphatic carbocycles. The van der Waals surface area contributed by atoms with Crippen LogP contribution >= 0.6 is 11.8 Å². The summed E-state index contributed by atoms with van der Waals surface area (Å²) in [6.45, 7) is 0.138. The summed E-state index contributed by atoms with van der Waals surface area (Å²) in [4.78, 5) is 21.1. The quantitative estimate of drug-likeness (QED) is 0.261. The van der Waals surface area contributed by atoms with Crippen molar-refractivity contribution in [1.29, 1.82) is 0 Å². The summed E-state index contributed by atoms with van der Waals surface area (Å²) in [7, 11) is 5.85. The molecule has 9 heteroatoms. The molecular formula is C18H22N2O6S. The van der Waals surface area contributed by atoms with Crippen LogP contribution in [-0.2, 0) is 25.6 Å². The molecule has 8 nitrogen and oxygen atoms in total. The zero-order valence-electron chi connectivity index (χ0n) is 15.6. The standard InChI is InChI=1S/C18H22N2O6S/c1-22-13-10-14(23-2)20-18(19-13)27-15(17(24-3)25-4)16(21)26-11-12-8-6-5-7-9-12/h5-10,15,17H,11H2,1-4H3. The minimum Gasteiger partial charge on any atom is -0.481 e. The van der Waals surface area contributed by atoms with E-state index < -0.39 is 17.5 Å². The maximum atomic E-state index is 12.7. The lowest BCUT2D eigenvalue weighted by molar-refractivity contribution is -0.158. The minimum atomic E-state index is -0.848. The predicted octanol–water partition coefficient (Wildman–Crippen LogP) is 2.32. The number of ether oxygens (including phenoxy) is 5. The van der Waals surface area contributed by atoms with E-state index in [9.17, 15) is 4.79 Å². The van der Waals surface area contributed by atoms with Crippen molar-refractivity contribution in [2.75, 3.05) is 28.4 Å². The van der Waals surface area contributed by atoms with Crippen LogP contribution in [0.15, 0.2) is 41.6 Å². The van der Waals surface area contributed by atoms with Gasteiger partial charge in [0.2, 0.25) is 11.8 Å². The molecule has 2 rings (SSSR count). The molecule has 0 aliphatic rings. The lowest BCUT2D eigenvalue weighted by Crippen LogP contribution is -2.35. The molecular weight excluding hydrogens is 372 g/mol. The molecule has 0 N–H and O–H groups in total. The van der Waals surface area contributed by atoms with Crippen LogP contribution in [0.2, 0.25) is 0 Å². The van der Waals surface area contributed by atoms with Crippen LogP contribution in [0.3, 0.4) is 0 Å². The van der Waals surface area contributed by atoms with E-state index >= 15 is 0 Å². The number of aromatic nitrogens is 2. The Morgan fingerprint density at radius 3 is 2.11 bits per heavy atom. The van der Waals surface area contributed by atoms with Gasteiger partial charge in [-0.05, 0) is 5.56 Å². The Labute approximate surface area is 162 Å². The molecule has 1 unspecified atom stereocenters. The van der Waals surface area contributed by atoms with Gasteiger partial charge in [-0.15, -0.1) is 0 Å². The highest BCUT2D eigenvalue weighted by Crippen LogP contribution is 2.29. The highest BCUT2D eigenvalue weighted by atomic mass is 32.2. The van der Waals surface area contributed by atoms with Gasteiger partial charge in [0.25, 0.3) is 0 Å². The third kappa shape index (κ3) is 6.09. The average molecular weight is 394 g/mol. The lowest BCUT2D eigenvalue weighted by atomic mass is 10.2. The normalized spacial score (nSPS) is 11.9. The molecule has 27 heavy (non-hydrogen) atoms. The molecule has 2 aromatic rings. The fraction of sp³-hybridized carbons (Fsp3) is 0.389. The van der Waals surface area contributed by atoms with Gasteiger partial charge in [0, 0.05) is 14.2 Å². The molecule has 0 radical (unpaired) electrons. The molecule has 1 aromatic heterocycles. The van der Waals surface area contributed by atoms with Crippen LogP contribution in [0, 0.1) is 0 Å². The first-order valence-corrected chi connectivity index (χ1v) is 8.89. The molecule has 1 atom stereocenters. The van der Waals surface area contributed by atoms with Crippen LogP contribution in [0.1, 0.15) is 5.56 Å². The van der Waals surface area contributed by atoms with Gasteiger partial charge in [-0.1, -0.05) is 42.1 Å². The number of thioether (sulfide) groups is 1. The van der Waals surface area contributed by atoms with Gasteiger partial charge in [-0.3, -0.25) is 4.79 Å². The second kappa shape index (κ2) is 10.7. The van der Waals surface area contributed by atoms with Crippen LogP contribution < -0.4 is 9.47 Å². The summed E-state index contributed by atoms with van der Waals surface area (Å²) in [5.74, 6) is 0.113. The third-order valence-electron chi connectivity index (χ3n) is 3.48. The molecule has 0 saturated carbocycles. The third-order valence-corrected chi connectivity index (χ3v) is 4.54. The second-order valence-electron chi connectivity index (χ2n) is 5.21. The molecule has 0 amide bonds. The average Bonchev–Trinajstić information content (AvgIpc) is 2.72. The van der Waals surface area contributed by atoms with Gasteiger partial charge in [-0.2, -0.15) is 9.97 Å². The van der Waals surface area contributed by atoms with Gasteiger partial charge in [0.15, 0.2) is 16.7 Å². The van der Waals surface area contributed by atoms with Crippen molar-refractivity contribution in [3.8, 4) is 11.8 Å². The van der Waals surface area contributed by atoms with Crippen molar-refractivity contribution >= 4 is 17.7 Å². The Bertz CT molecular complexity index is 705. The molecule has 0 spiro atoms. The Morgan fingerprint density at radius 1 is 1.00 bits per heavy atom. The molecule has 1 heterocycles. The Kier molecular flexibility index (Phi) is 8.31. The smallest absolute Gasteiger partial charge is 0.325 e. The number of benzene rings is 1. The van der Waals surface area contributed by atoms with E-state index in [2.05, 4.69) is 9.97 Å². The summed E-state index contributed by atoms with van der Waals surface area (Å²) in [6.07, 6.45) is -0.848. The van der Waals surface area contributed by atoms with Crippen LogP contribution in [-0.4, -0.2) is 55.9 Å². The second-order valence-corrected chi connectivity index (χ2v) is 6.32. The van der Waals surface area contributed by atoms with E-state index in [4.69, 9.17) is 23.7 Å². The maximum absolute atomic E-state index is 12.7.